The van der Waals surface area contributed by atoms with E-state index in [-0.39, 0.29) is 18.1 Å². The summed E-state index contributed by atoms with van der Waals surface area (Å²) in [5, 5.41) is 11.3. The number of rotatable bonds is 8. The minimum atomic E-state index is -0.742. The Morgan fingerprint density at radius 1 is 1.00 bits per heavy atom. The summed E-state index contributed by atoms with van der Waals surface area (Å²) in [6, 6.07) is 21.3. The first-order valence-electron chi connectivity index (χ1n) is 12.0. The number of hydrogen-bond acceptors (Lipinski definition) is 7. The Kier molecular flexibility index (Phi) is 6.83. The Hall–Kier alpha value is -4.30. The molecule has 1 atom stereocenters. The lowest BCUT2D eigenvalue weighted by molar-refractivity contribution is -0.140. The van der Waals surface area contributed by atoms with Gasteiger partial charge in [0.15, 0.2) is 11.5 Å². The van der Waals surface area contributed by atoms with Crippen molar-refractivity contribution in [1.29, 1.82) is 0 Å². The molecule has 190 valence electrons. The molecule has 1 amide bonds. The molecule has 0 aromatic heterocycles. The number of benzene rings is 3. The predicted octanol–water partition coefficient (Wildman–Crippen LogP) is 3.98. The molecule has 0 radical (unpaired) electrons. The van der Waals surface area contributed by atoms with E-state index in [0.29, 0.717) is 48.1 Å². The molecule has 1 N–H and O–H groups in total. The van der Waals surface area contributed by atoms with Gasteiger partial charge in [-0.05, 0) is 55.6 Å². The van der Waals surface area contributed by atoms with Crippen molar-refractivity contribution in [1.82, 2.24) is 9.80 Å². The topological polar surface area (TPSA) is 88.5 Å². The van der Waals surface area contributed by atoms with Gasteiger partial charge in [-0.15, -0.1) is 0 Å². The van der Waals surface area contributed by atoms with Crippen LogP contribution in [0.2, 0.25) is 0 Å². The Balaban J connectivity index is 1.48. The monoisotopic (exact) mass is 500 g/mol. The van der Waals surface area contributed by atoms with E-state index in [1.54, 1.807) is 18.2 Å². The lowest BCUT2D eigenvalue weighted by Gasteiger charge is -2.26. The van der Waals surface area contributed by atoms with Gasteiger partial charge in [-0.1, -0.05) is 42.5 Å². The highest BCUT2D eigenvalue weighted by molar-refractivity contribution is 6.46. The van der Waals surface area contributed by atoms with Gasteiger partial charge in [0.05, 0.1) is 11.6 Å². The van der Waals surface area contributed by atoms with Gasteiger partial charge in [-0.3, -0.25) is 9.59 Å². The molecule has 0 aliphatic carbocycles. The molecule has 8 nitrogen and oxygen atoms in total. The lowest BCUT2D eigenvalue weighted by atomic mass is 9.95. The Morgan fingerprint density at radius 3 is 2.46 bits per heavy atom. The van der Waals surface area contributed by atoms with Gasteiger partial charge in [-0.2, -0.15) is 0 Å². The van der Waals surface area contributed by atoms with Crippen LogP contribution in [0.1, 0.15) is 22.7 Å². The van der Waals surface area contributed by atoms with E-state index < -0.39 is 17.7 Å². The fraction of sp³-hybridized carbons (Fsp3) is 0.241. The number of nitrogens with zero attached hydrogens (tertiary/aromatic N) is 2. The first-order valence-corrected chi connectivity index (χ1v) is 12.0. The van der Waals surface area contributed by atoms with Crippen LogP contribution < -0.4 is 14.2 Å². The van der Waals surface area contributed by atoms with Crippen LogP contribution in [0.3, 0.4) is 0 Å². The normalized spacial score (nSPS) is 18.0. The second kappa shape index (κ2) is 10.4. The number of ether oxygens (including phenoxy) is 3. The largest absolute Gasteiger partial charge is 0.507 e. The average molecular weight is 501 g/mol. The average Bonchev–Trinajstić information content (AvgIpc) is 3.48. The van der Waals surface area contributed by atoms with Crippen molar-refractivity contribution in [2.45, 2.75) is 12.6 Å². The molecule has 0 saturated carbocycles. The first-order chi connectivity index (χ1) is 17.9. The van der Waals surface area contributed by atoms with Gasteiger partial charge >= 0.3 is 0 Å². The molecule has 37 heavy (non-hydrogen) atoms. The highest BCUT2D eigenvalue weighted by Crippen LogP contribution is 2.41. The summed E-state index contributed by atoms with van der Waals surface area (Å²) in [4.78, 5) is 29.8. The van der Waals surface area contributed by atoms with Crippen molar-refractivity contribution < 1.29 is 28.9 Å². The number of hydrogen-bond donors (Lipinski definition) is 1. The summed E-state index contributed by atoms with van der Waals surface area (Å²) in [5.74, 6) is 0.0851. The number of carbonyl (C=O) groups excluding carboxylic acids is 2. The Morgan fingerprint density at radius 2 is 1.73 bits per heavy atom. The minimum Gasteiger partial charge on any atom is -0.507 e. The molecule has 1 unspecified atom stereocenters. The SMILES string of the molecule is CN(C)CCN1C(=O)C(=O)/C(=C(\O)c2ccc3c(c2)OCO3)C1c1ccc(OCc2ccccc2)cc1. The number of likely N-dealkylation sites (tertiary alicyclic amines) is 1. The van der Waals surface area contributed by atoms with Crippen LogP contribution in [0.5, 0.6) is 17.2 Å². The third-order valence-electron chi connectivity index (χ3n) is 6.42. The smallest absolute Gasteiger partial charge is 0.295 e. The second-order valence-electron chi connectivity index (χ2n) is 9.21. The predicted molar refractivity (Wildman–Crippen MR) is 137 cm³/mol. The van der Waals surface area contributed by atoms with Gasteiger partial charge < -0.3 is 29.1 Å². The summed E-state index contributed by atoms with van der Waals surface area (Å²) in [6.45, 7) is 1.40. The molecule has 5 rings (SSSR count). The molecular weight excluding hydrogens is 472 g/mol. The molecule has 2 aliphatic rings. The zero-order valence-corrected chi connectivity index (χ0v) is 20.7. The van der Waals surface area contributed by atoms with Gasteiger partial charge in [0.25, 0.3) is 11.7 Å². The third-order valence-corrected chi connectivity index (χ3v) is 6.42. The maximum Gasteiger partial charge on any atom is 0.295 e. The fourth-order valence-corrected chi connectivity index (χ4v) is 4.45. The number of fused-ring (bicyclic) bond motifs is 1. The van der Waals surface area contributed by atoms with E-state index in [1.807, 2.05) is 73.6 Å². The molecule has 1 fully saturated rings. The minimum absolute atomic E-state index is 0.0422. The van der Waals surface area contributed by atoms with Crippen LogP contribution in [-0.2, 0) is 16.2 Å². The van der Waals surface area contributed by atoms with Crippen LogP contribution >= 0.6 is 0 Å². The van der Waals surface area contributed by atoms with E-state index >= 15 is 0 Å². The molecule has 1 saturated heterocycles. The van der Waals surface area contributed by atoms with Crippen LogP contribution in [0, 0.1) is 0 Å². The van der Waals surface area contributed by atoms with Crippen LogP contribution in [0.15, 0.2) is 78.4 Å². The van der Waals surface area contributed by atoms with Crippen molar-refractivity contribution in [2.24, 2.45) is 0 Å². The van der Waals surface area contributed by atoms with Gasteiger partial charge in [-0.25, -0.2) is 0 Å². The Bertz CT molecular complexity index is 1330. The van der Waals surface area contributed by atoms with Gasteiger partial charge in [0.2, 0.25) is 6.79 Å². The molecule has 0 bridgehead atoms. The van der Waals surface area contributed by atoms with Crippen LogP contribution in [-0.4, -0.2) is 60.6 Å². The van der Waals surface area contributed by atoms with E-state index in [4.69, 9.17) is 14.2 Å². The Labute approximate surface area is 215 Å². The molecule has 2 heterocycles. The molecule has 2 aliphatic heterocycles. The summed E-state index contributed by atoms with van der Waals surface area (Å²) in [5.41, 5.74) is 2.17. The first kappa shape index (κ1) is 24.4. The van der Waals surface area contributed by atoms with E-state index in [9.17, 15) is 14.7 Å². The number of aliphatic hydroxyl groups is 1. The number of amides is 1. The highest BCUT2D eigenvalue weighted by atomic mass is 16.7. The number of likely N-dealkylation sites (N-methyl/N-ethyl adjacent to an activating group) is 1. The number of aliphatic hydroxyl groups excluding tert-OH is 1. The maximum atomic E-state index is 13.2. The van der Waals surface area contributed by atoms with Crippen molar-refractivity contribution in [3.05, 3.63) is 95.1 Å². The lowest BCUT2D eigenvalue weighted by Crippen LogP contribution is -2.35. The van der Waals surface area contributed by atoms with Gasteiger partial charge in [0.1, 0.15) is 18.1 Å². The summed E-state index contributed by atoms with van der Waals surface area (Å²) < 4.78 is 16.7. The molecule has 8 heteroatoms. The number of ketones is 1. The molecule has 3 aromatic rings. The van der Waals surface area contributed by atoms with Crippen molar-refractivity contribution >= 4 is 17.4 Å². The number of carbonyl (C=O) groups is 2. The van der Waals surface area contributed by atoms with Gasteiger partial charge in [0, 0.05) is 18.7 Å². The molecule has 0 spiro atoms. The second-order valence-corrected chi connectivity index (χ2v) is 9.21. The van der Waals surface area contributed by atoms with Crippen molar-refractivity contribution in [3.8, 4) is 17.2 Å². The van der Waals surface area contributed by atoms with E-state index in [2.05, 4.69) is 0 Å². The van der Waals surface area contributed by atoms with Crippen LogP contribution in [0.25, 0.3) is 5.76 Å². The maximum absolute atomic E-state index is 13.2. The van der Waals surface area contributed by atoms with E-state index in [0.717, 1.165) is 5.56 Å². The quantitative estimate of drug-likeness (QED) is 0.284. The van der Waals surface area contributed by atoms with Crippen molar-refractivity contribution in [2.75, 3.05) is 34.0 Å². The zero-order chi connectivity index (χ0) is 25.9. The van der Waals surface area contributed by atoms with Crippen molar-refractivity contribution in [3.63, 3.8) is 0 Å². The zero-order valence-electron chi connectivity index (χ0n) is 20.7. The highest BCUT2D eigenvalue weighted by Gasteiger charge is 2.46. The molecule has 3 aromatic carbocycles. The summed E-state index contributed by atoms with van der Waals surface area (Å²) in [6.07, 6.45) is 0. The van der Waals surface area contributed by atoms with Crippen LogP contribution in [0.4, 0.5) is 0 Å². The summed E-state index contributed by atoms with van der Waals surface area (Å²) in [7, 11) is 3.80. The number of Topliss-reactive ketones (excluding diaryl/α,β-unsaturated/α-hetero) is 1. The standard InChI is InChI=1S/C29H28N2O6/c1-30(2)14-15-31-26(20-8-11-22(12-9-20)35-17-19-6-4-3-5-7-19)25(28(33)29(31)34)27(32)21-10-13-23-24(16-21)37-18-36-23/h3-13,16,26,32H,14-15,17-18H2,1-2H3/b27-25-. The third kappa shape index (κ3) is 5.01. The fourth-order valence-electron chi connectivity index (χ4n) is 4.45. The van der Waals surface area contributed by atoms with E-state index in [1.165, 1.54) is 4.90 Å². The molecular formula is C29H28N2O6. The summed E-state index contributed by atoms with van der Waals surface area (Å²) >= 11 is 0.